The Labute approximate surface area is 120 Å². The van der Waals surface area contributed by atoms with Gasteiger partial charge in [-0.15, -0.1) is 0 Å². The molecule has 1 aliphatic heterocycles. The summed E-state index contributed by atoms with van der Waals surface area (Å²) in [6.45, 7) is 5.32. The van der Waals surface area contributed by atoms with E-state index in [2.05, 4.69) is 40.7 Å². The van der Waals surface area contributed by atoms with E-state index in [9.17, 15) is 4.79 Å². The molecule has 0 spiro atoms. The van der Waals surface area contributed by atoms with Crippen LogP contribution in [0.1, 0.15) is 30.4 Å². The fraction of sp³-hybridized carbons (Fsp3) is 0.562. The number of rotatable bonds is 4. The van der Waals surface area contributed by atoms with Gasteiger partial charge in [0, 0.05) is 31.4 Å². The Morgan fingerprint density at radius 1 is 1.40 bits per heavy atom. The lowest BCUT2D eigenvalue weighted by molar-refractivity contribution is -0.119. The van der Waals surface area contributed by atoms with E-state index < -0.39 is 0 Å². The molecule has 0 unspecified atom stereocenters. The molecular weight excluding hydrogens is 250 g/mol. The van der Waals surface area contributed by atoms with E-state index in [0.717, 1.165) is 37.8 Å². The highest BCUT2D eigenvalue weighted by Gasteiger charge is 2.20. The van der Waals surface area contributed by atoms with Crippen LogP contribution in [0.15, 0.2) is 18.2 Å². The summed E-state index contributed by atoms with van der Waals surface area (Å²) in [7, 11) is 0. The average molecular weight is 273 g/mol. The minimum Gasteiger partial charge on any atom is -0.362 e. The zero-order valence-electron chi connectivity index (χ0n) is 12.1. The maximum absolute atomic E-state index is 11.6. The predicted molar refractivity (Wildman–Crippen MR) is 80.9 cm³/mol. The summed E-state index contributed by atoms with van der Waals surface area (Å²) < 4.78 is 0. The van der Waals surface area contributed by atoms with Crippen LogP contribution in [0.3, 0.4) is 0 Å². The summed E-state index contributed by atoms with van der Waals surface area (Å²) in [5.41, 5.74) is 3.83. The summed E-state index contributed by atoms with van der Waals surface area (Å²) >= 11 is 0. The Bertz CT molecular complexity index is 496. The van der Waals surface area contributed by atoms with Gasteiger partial charge in [-0.3, -0.25) is 4.79 Å². The van der Waals surface area contributed by atoms with Gasteiger partial charge in [-0.25, -0.2) is 0 Å². The molecule has 1 saturated carbocycles. The lowest BCUT2D eigenvalue weighted by atomic mass is 10.1. The van der Waals surface area contributed by atoms with E-state index in [-0.39, 0.29) is 5.91 Å². The average Bonchev–Trinajstić information content (AvgIpc) is 3.25. The first kappa shape index (κ1) is 13.4. The van der Waals surface area contributed by atoms with E-state index in [1.807, 2.05) is 0 Å². The second-order valence-corrected chi connectivity index (χ2v) is 5.89. The highest BCUT2D eigenvalue weighted by molar-refractivity contribution is 5.81. The molecule has 4 nitrogen and oxygen atoms in total. The van der Waals surface area contributed by atoms with Gasteiger partial charge in [-0.05, 0) is 49.4 Å². The quantitative estimate of drug-likeness (QED) is 0.875. The fourth-order valence-electron chi connectivity index (χ4n) is 2.64. The number of aryl methyl sites for hydroxylation is 1. The summed E-state index contributed by atoms with van der Waals surface area (Å²) in [6.07, 6.45) is 3.65. The number of nitrogens with zero attached hydrogens (tertiary/aromatic N) is 1. The van der Waals surface area contributed by atoms with Crippen LogP contribution >= 0.6 is 0 Å². The molecule has 2 N–H and O–H groups in total. The number of benzene rings is 1. The fourth-order valence-corrected chi connectivity index (χ4v) is 2.64. The van der Waals surface area contributed by atoms with Crippen molar-refractivity contribution in [3.05, 3.63) is 29.3 Å². The van der Waals surface area contributed by atoms with Gasteiger partial charge in [0.05, 0.1) is 6.54 Å². The van der Waals surface area contributed by atoms with Crippen molar-refractivity contribution in [2.24, 2.45) is 0 Å². The van der Waals surface area contributed by atoms with Gasteiger partial charge in [-0.2, -0.15) is 0 Å². The topological polar surface area (TPSA) is 44.4 Å². The maximum atomic E-state index is 11.6. The first-order chi connectivity index (χ1) is 9.72. The molecule has 20 heavy (non-hydrogen) atoms. The van der Waals surface area contributed by atoms with Crippen LogP contribution in [0.25, 0.3) is 0 Å². The van der Waals surface area contributed by atoms with Crippen molar-refractivity contribution < 1.29 is 4.79 Å². The Morgan fingerprint density at radius 2 is 2.25 bits per heavy atom. The molecule has 1 aromatic carbocycles. The van der Waals surface area contributed by atoms with Crippen molar-refractivity contribution in [3.63, 3.8) is 0 Å². The Morgan fingerprint density at radius 3 is 3.00 bits per heavy atom. The highest BCUT2D eigenvalue weighted by atomic mass is 16.2. The van der Waals surface area contributed by atoms with Gasteiger partial charge < -0.3 is 15.5 Å². The molecule has 108 valence electrons. The van der Waals surface area contributed by atoms with Gasteiger partial charge in [0.25, 0.3) is 0 Å². The van der Waals surface area contributed by atoms with Gasteiger partial charge in [0.15, 0.2) is 0 Å². The number of hydrogen-bond acceptors (Lipinski definition) is 3. The summed E-state index contributed by atoms with van der Waals surface area (Å²) in [6, 6.07) is 7.30. The molecule has 1 aliphatic carbocycles. The molecule has 0 aromatic heterocycles. The third kappa shape index (κ3) is 3.31. The minimum atomic E-state index is 0.125. The van der Waals surface area contributed by atoms with Crippen LogP contribution in [-0.4, -0.2) is 31.6 Å². The molecule has 3 rings (SSSR count). The summed E-state index contributed by atoms with van der Waals surface area (Å²) in [5.74, 6) is 0.125. The Balaban J connectivity index is 1.69. The largest absolute Gasteiger partial charge is 0.362 e. The van der Waals surface area contributed by atoms with Crippen molar-refractivity contribution in [1.29, 1.82) is 0 Å². The number of nitrogens with one attached hydrogen (secondary N) is 2. The third-order valence-corrected chi connectivity index (χ3v) is 4.11. The van der Waals surface area contributed by atoms with Gasteiger partial charge in [0.1, 0.15) is 0 Å². The smallest absolute Gasteiger partial charge is 0.239 e. The molecular formula is C16H23N3O. The van der Waals surface area contributed by atoms with Crippen molar-refractivity contribution in [1.82, 2.24) is 10.6 Å². The number of carbonyl (C=O) groups excluding carboxylic acids is 1. The lowest BCUT2D eigenvalue weighted by Gasteiger charge is -2.22. The SMILES string of the molecule is Cc1cc(N2CCCNC(=O)C2)ccc1CNC1CC1. The van der Waals surface area contributed by atoms with Crippen molar-refractivity contribution in [2.75, 3.05) is 24.5 Å². The second kappa shape index (κ2) is 5.83. The molecule has 0 radical (unpaired) electrons. The van der Waals surface area contributed by atoms with E-state index in [0.29, 0.717) is 6.54 Å². The molecule has 0 atom stereocenters. The number of amides is 1. The van der Waals surface area contributed by atoms with Crippen LogP contribution in [0.2, 0.25) is 0 Å². The first-order valence-corrected chi connectivity index (χ1v) is 7.57. The van der Waals surface area contributed by atoms with E-state index >= 15 is 0 Å². The zero-order chi connectivity index (χ0) is 13.9. The van der Waals surface area contributed by atoms with Gasteiger partial charge >= 0.3 is 0 Å². The van der Waals surface area contributed by atoms with Crippen molar-refractivity contribution in [2.45, 2.75) is 38.8 Å². The first-order valence-electron chi connectivity index (χ1n) is 7.57. The Kier molecular flexibility index (Phi) is 3.92. The molecule has 1 saturated heterocycles. The highest BCUT2D eigenvalue weighted by Crippen LogP contribution is 2.22. The third-order valence-electron chi connectivity index (χ3n) is 4.11. The van der Waals surface area contributed by atoms with E-state index in [1.54, 1.807) is 0 Å². The number of hydrogen-bond donors (Lipinski definition) is 2. The van der Waals surface area contributed by atoms with E-state index in [1.165, 1.54) is 24.0 Å². The molecule has 4 heteroatoms. The van der Waals surface area contributed by atoms with Crippen LogP contribution in [-0.2, 0) is 11.3 Å². The summed E-state index contributed by atoms with van der Waals surface area (Å²) in [4.78, 5) is 13.8. The molecule has 1 amide bonds. The lowest BCUT2D eigenvalue weighted by Crippen LogP contribution is -2.33. The molecule has 2 aliphatic rings. The monoisotopic (exact) mass is 273 g/mol. The van der Waals surface area contributed by atoms with Crippen LogP contribution in [0.4, 0.5) is 5.69 Å². The van der Waals surface area contributed by atoms with Crippen molar-refractivity contribution in [3.8, 4) is 0 Å². The van der Waals surface area contributed by atoms with Crippen molar-refractivity contribution >= 4 is 11.6 Å². The zero-order valence-corrected chi connectivity index (χ0v) is 12.1. The standard InChI is InChI=1S/C16H23N3O/c1-12-9-15(19-8-2-7-17-16(20)11-19)6-3-13(12)10-18-14-4-5-14/h3,6,9,14,18H,2,4-5,7-8,10-11H2,1H3,(H,17,20). The number of anilines is 1. The van der Waals surface area contributed by atoms with Crippen LogP contribution in [0, 0.1) is 6.92 Å². The molecule has 1 heterocycles. The molecule has 2 fully saturated rings. The Hall–Kier alpha value is -1.55. The van der Waals surface area contributed by atoms with Crippen LogP contribution < -0.4 is 15.5 Å². The predicted octanol–water partition coefficient (Wildman–Crippen LogP) is 1.57. The van der Waals surface area contributed by atoms with E-state index in [4.69, 9.17) is 0 Å². The molecule has 1 aromatic rings. The van der Waals surface area contributed by atoms with Gasteiger partial charge in [0.2, 0.25) is 5.91 Å². The second-order valence-electron chi connectivity index (χ2n) is 5.89. The normalized spacial score (nSPS) is 19.6. The number of carbonyl (C=O) groups is 1. The van der Waals surface area contributed by atoms with Crippen LogP contribution in [0.5, 0.6) is 0 Å². The minimum absolute atomic E-state index is 0.125. The maximum Gasteiger partial charge on any atom is 0.239 e. The molecule has 0 bridgehead atoms. The van der Waals surface area contributed by atoms with Gasteiger partial charge in [-0.1, -0.05) is 6.07 Å². The summed E-state index contributed by atoms with van der Waals surface area (Å²) in [5, 5.41) is 6.47.